The molecule has 1 nitrogen and oxygen atoms in total. The Bertz CT molecular complexity index is 529. The molecule has 88 valence electrons. The van der Waals surface area contributed by atoms with Gasteiger partial charge < -0.3 is 5.11 Å². The van der Waals surface area contributed by atoms with Gasteiger partial charge in [-0.3, -0.25) is 0 Å². The minimum absolute atomic E-state index is 0.148. The average Bonchev–Trinajstić information content (AvgIpc) is 2.33. The Morgan fingerprint density at radius 3 is 2.53 bits per heavy atom. The van der Waals surface area contributed by atoms with Crippen LogP contribution in [0.5, 0.6) is 5.75 Å². The molecule has 0 spiro atoms. The van der Waals surface area contributed by atoms with Gasteiger partial charge in [-0.1, -0.05) is 24.3 Å². The topological polar surface area (TPSA) is 20.2 Å². The fourth-order valence-corrected chi connectivity index (χ4v) is 2.32. The zero-order chi connectivity index (χ0) is 12.3. The number of hydrogen-bond acceptors (Lipinski definition) is 2. The first kappa shape index (κ1) is 11.9. The smallest absolute Gasteiger partial charge is 0.162 e. The van der Waals surface area contributed by atoms with Crippen molar-refractivity contribution in [2.24, 2.45) is 0 Å². The van der Waals surface area contributed by atoms with Gasteiger partial charge in [-0.05, 0) is 18.2 Å². The van der Waals surface area contributed by atoms with Crippen molar-refractivity contribution in [3.63, 3.8) is 0 Å². The summed E-state index contributed by atoms with van der Waals surface area (Å²) in [5, 5.41) is 9.52. The highest BCUT2D eigenvalue weighted by Gasteiger charge is 2.08. The molecule has 2 aromatic rings. The molecule has 0 aliphatic rings. The van der Waals surface area contributed by atoms with Crippen LogP contribution in [0.4, 0.5) is 8.78 Å². The van der Waals surface area contributed by atoms with E-state index in [9.17, 15) is 13.9 Å². The van der Waals surface area contributed by atoms with Crippen LogP contribution in [-0.2, 0) is 5.75 Å². The van der Waals surface area contributed by atoms with E-state index in [2.05, 4.69) is 0 Å². The standard InChI is InChI=1S/C13H10F2OS/c14-10-5-3-4-9(13(10)15)8-17-12-7-2-1-6-11(12)16/h1-7,16H,8H2. The summed E-state index contributed by atoms with van der Waals surface area (Å²) < 4.78 is 26.3. The maximum absolute atomic E-state index is 13.4. The van der Waals surface area contributed by atoms with Crippen LogP contribution < -0.4 is 0 Å². The lowest BCUT2D eigenvalue weighted by Crippen LogP contribution is -1.91. The van der Waals surface area contributed by atoms with Crippen LogP contribution in [0, 0.1) is 11.6 Å². The van der Waals surface area contributed by atoms with Gasteiger partial charge in [-0.15, -0.1) is 11.8 Å². The molecule has 1 N–H and O–H groups in total. The molecule has 0 radical (unpaired) electrons. The van der Waals surface area contributed by atoms with Crippen LogP contribution in [-0.4, -0.2) is 5.11 Å². The SMILES string of the molecule is Oc1ccccc1SCc1cccc(F)c1F. The highest BCUT2D eigenvalue weighted by atomic mass is 32.2. The van der Waals surface area contributed by atoms with Gasteiger partial charge in [-0.25, -0.2) is 8.78 Å². The number of phenols is 1. The molecule has 0 bridgehead atoms. The summed E-state index contributed by atoms with van der Waals surface area (Å²) in [4.78, 5) is 0.649. The Morgan fingerprint density at radius 2 is 1.76 bits per heavy atom. The Labute approximate surface area is 102 Å². The van der Waals surface area contributed by atoms with E-state index in [1.807, 2.05) is 0 Å². The third-order valence-electron chi connectivity index (χ3n) is 2.28. The van der Waals surface area contributed by atoms with E-state index in [1.54, 1.807) is 24.3 Å². The highest BCUT2D eigenvalue weighted by molar-refractivity contribution is 7.98. The van der Waals surface area contributed by atoms with Gasteiger partial charge in [-0.2, -0.15) is 0 Å². The molecule has 4 heteroatoms. The first-order valence-corrected chi connectivity index (χ1v) is 6.00. The second kappa shape index (κ2) is 5.19. The second-order valence-electron chi connectivity index (χ2n) is 3.47. The lowest BCUT2D eigenvalue weighted by Gasteiger charge is -2.05. The molecule has 0 atom stereocenters. The van der Waals surface area contributed by atoms with Crippen molar-refractivity contribution in [3.05, 3.63) is 59.7 Å². The maximum Gasteiger partial charge on any atom is 0.162 e. The molecule has 0 aromatic heterocycles. The average molecular weight is 252 g/mol. The Hall–Kier alpha value is -1.55. The lowest BCUT2D eigenvalue weighted by molar-refractivity contribution is 0.462. The molecule has 0 saturated carbocycles. The van der Waals surface area contributed by atoms with E-state index in [1.165, 1.54) is 23.9 Å². The Balaban J connectivity index is 2.13. The van der Waals surface area contributed by atoms with Crippen LogP contribution >= 0.6 is 11.8 Å². The first-order valence-electron chi connectivity index (χ1n) is 5.02. The number of halogens is 2. The van der Waals surface area contributed by atoms with E-state index >= 15 is 0 Å². The molecule has 0 unspecified atom stereocenters. The van der Waals surface area contributed by atoms with Crippen molar-refractivity contribution in [3.8, 4) is 5.75 Å². The number of rotatable bonds is 3. The molecule has 0 saturated heterocycles. The van der Waals surface area contributed by atoms with E-state index in [0.717, 1.165) is 6.07 Å². The largest absolute Gasteiger partial charge is 0.507 e. The summed E-state index contributed by atoms with van der Waals surface area (Å²) in [6, 6.07) is 10.9. The van der Waals surface area contributed by atoms with Crippen molar-refractivity contribution < 1.29 is 13.9 Å². The van der Waals surface area contributed by atoms with E-state index in [0.29, 0.717) is 10.5 Å². The van der Waals surface area contributed by atoms with Gasteiger partial charge in [0.1, 0.15) is 5.75 Å². The van der Waals surface area contributed by atoms with Crippen molar-refractivity contribution in [2.75, 3.05) is 0 Å². The van der Waals surface area contributed by atoms with Crippen molar-refractivity contribution in [1.29, 1.82) is 0 Å². The third kappa shape index (κ3) is 2.77. The van der Waals surface area contributed by atoms with Crippen LogP contribution in [0.1, 0.15) is 5.56 Å². The molecule has 2 aromatic carbocycles. The fraction of sp³-hybridized carbons (Fsp3) is 0.0769. The van der Waals surface area contributed by atoms with Crippen LogP contribution in [0.3, 0.4) is 0 Å². The predicted octanol–water partition coefficient (Wildman–Crippen LogP) is 3.96. The van der Waals surface area contributed by atoms with Crippen LogP contribution in [0.15, 0.2) is 47.4 Å². The fourth-order valence-electron chi connectivity index (χ4n) is 1.39. The molecule has 0 heterocycles. The molecule has 0 amide bonds. The summed E-state index contributed by atoms with van der Waals surface area (Å²) in [6.45, 7) is 0. The van der Waals surface area contributed by atoms with Crippen LogP contribution in [0.25, 0.3) is 0 Å². The number of phenolic OH excluding ortho intramolecular Hbond substituents is 1. The van der Waals surface area contributed by atoms with Gasteiger partial charge in [0.15, 0.2) is 11.6 Å². The predicted molar refractivity (Wildman–Crippen MR) is 64.0 cm³/mol. The van der Waals surface area contributed by atoms with Crippen molar-refractivity contribution >= 4 is 11.8 Å². The van der Waals surface area contributed by atoms with E-state index in [-0.39, 0.29) is 11.5 Å². The summed E-state index contributed by atoms with van der Waals surface area (Å²) >= 11 is 1.27. The number of hydrogen-bond donors (Lipinski definition) is 1. The summed E-state index contributed by atoms with van der Waals surface area (Å²) in [7, 11) is 0. The summed E-state index contributed by atoms with van der Waals surface area (Å²) in [5.41, 5.74) is 0.290. The zero-order valence-corrected chi connectivity index (χ0v) is 9.68. The first-order chi connectivity index (χ1) is 8.18. The van der Waals surface area contributed by atoms with E-state index in [4.69, 9.17) is 0 Å². The Morgan fingerprint density at radius 1 is 1.00 bits per heavy atom. The quantitative estimate of drug-likeness (QED) is 0.834. The molecule has 17 heavy (non-hydrogen) atoms. The number of aromatic hydroxyl groups is 1. The van der Waals surface area contributed by atoms with Gasteiger partial charge in [0.05, 0.1) is 0 Å². The van der Waals surface area contributed by atoms with Gasteiger partial charge >= 0.3 is 0 Å². The van der Waals surface area contributed by atoms with Gasteiger partial charge in [0.2, 0.25) is 0 Å². The monoisotopic (exact) mass is 252 g/mol. The normalized spacial score (nSPS) is 10.5. The lowest BCUT2D eigenvalue weighted by atomic mass is 10.2. The highest BCUT2D eigenvalue weighted by Crippen LogP contribution is 2.31. The van der Waals surface area contributed by atoms with Crippen molar-refractivity contribution in [2.45, 2.75) is 10.6 Å². The van der Waals surface area contributed by atoms with Gasteiger partial charge in [0.25, 0.3) is 0 Å². The third-order valence-corrected chi connectivity index (χ3v) is 3.39. The number of thioether (sulfide) groups is 1. The van der Waals surface area contributed by atoms with E-state index < -0.39 is 11.6 Å². The Kier molecular flexibility index (Phi) is 3.64. The molecule has 0 fully saturated rings. The summed E-state index contributed by atoms with van der Waals surface area (Å²) in [5.74, 6) is -1.24. The van der Waals surface area contributed by atoms with Crippen molar-refractivity contribution in [1.82, 2.24) is 0 Å². The number of para-hydroxylation sites is 1. The van der Waals surface area contributed by atoms with Gasteiger partial charge in [0, 0.05) is 16.2 Å². The minimum atomic E-state index is -0.847. The zero-order valence-electron chi connectivity index (χ0n) is 8.86. The second-order valence-corrected chi connectivity index (χ2v) is 4.49. The molecule has 2 rings (SSSR count). The summed E-state index contributed by atoms with van der Waals surface area (Å²) in [6.07, 6.45) is 0. The molecule has 0 aliphatic heterocycles. The number of benzene rings is 2. The molecular formula is C13H10F2OS. The van der Waals surface area contributed by atoms with Crippen LogP contribution in [0.2, 0.25) is 0 Å². The molecule has 0 aliphatic carbocycles. The minimum Gasteiger partial charge on any atom is -0.507 e. The molecular weight excluding hydrogens is 242 g/mol. The maximum atomic E-state index is 13.4.